The molecule has 8 heteroatoms. The Kier molecular flexibility index (Phi) is 3.48. The molecule has 17 heavy (non-hydrogen) atoms. The minimum Gasteiger partial charge on any atom is -0.368 e. The van der Waals surface area contributed by atoms with Crippen molar-refractivity contribution in [3.8, 4) is 0 Å². The Morgan fingerprint density at radius 1 is 1.59 bits per heavy atom. The quantitative estimate of drug-likeness (QED) is 0.755. The van der Waals surface area contributed by atoms with E-state index in [0.717, 1.165) is 0 Å². The van der Waals surface area contributed by atoms with Crippen molar-refractivity contribution in [2.75, 3.05) is 19.6 Å². The van der Waals surface area contributed by atoms with Crippen LogP contribution >= 0.6 is 11.3 Å². The lowest BCUT2D eigenvalue weighted by Crippen LogP contribution is -2.57. The zero-order chi connectivity index (χ0) is 12.5. The predicted molar refractivity (Wildman–Crippen MR) is 64.1 cm³/mol. The van der Waals surface area contributed by atoms with Crippen molar-refractivity contribution in [3.63, 3.8) is 0 Å². The molecule has 2 heterocycles. The summed E-state index contributed by atoms with van der Waals surface area (Å²) in [5.74, 6) is -0.531. The summed E-state index contributed by atoms with van der Waals surface area (Å²) in [4.78, 5) is 11.1. The second-order valence-corrected chi connectivity index (χ2v) is 6.82. The molecular weight excluding hydrogens is 262 g/mol. The van der Waals surface area contributed by atoms with Gasteiger partial charge in [-0.1, -0.05) is 6.07 Å². The van der Waals surface area contributed by atoms with Gasteiger partial charge in [0.2, 0.25) is 5.91 Å². The molecular formula is C9H13N3O3S2. The molecule has 0 radical (unpaired) electrons. The summed E-state index contributed by atoms with van der Waals surface area (Å²) in [5.41, 5.74) is 5.17. The van der Waals surface area contributed by atoms with Gasteiger partial charge in [-0.05, 0) is 11.4 Å². The molecule has 94 valence electrons. The number of nitrogens with one attached hydrogen (secondary N) is 1. The highest BCUT2D eigenvalue weighted by atomic mass is 32.2. The lowest BCUT2D eigenvalue weighted by Gasteiger charge is -2.30. The van der Waals surface area contributed by atoms with Crippen molar-refractivity contribution in [1.29, 1.82) is 0 Å². The zero-order valence-electron chi connectivity index (χ0n) is 9.00. The maximum Gasteiger partial charge on any atom is 0.252 e. The summed E-state index contributed by atoms with van der Waals surface area (Å²) >= 11 is 1.17. The van der Waals surface area contributed by atoms with Gasteiger partial charge in [-0.2, -0.15) is 4.31 Å². The Balaban J connectivity index is 2.20. The smallest absolute Gasteiger partial charge is 0.252 e. The van der Waals surface area contributed by atoms with Crippen molar-refractivity contribution in [2.24, 2.45) is 5.73 Å². The number of rotatable bonds is 3. The van der Waals surface area contributed by atoms with Gasteiger partial charge in [-0.3, -0.25) is 4.79 Å². The van der Waals surface area contributed by atoms with Crippen LogP contribution in [0.3, 0.4) is 0 Å². The minimum atomic E-state index is -3.48. The van der Waals surface area contributed by atoms with E-state index in [9.17, 15) is 13.2 Å². The Morgan fingerprint density at radius 2 is 2.35 bits per heavy atom. The van der Waals surface area contributed by atoms with Crippen molar-refractivity contribution < 1.29 is 13.2 Å². The molecule has 0 spiro atoms. The Labute approximate surface area is 103 Å². The first-order valence-corrected chi connectivity index (χ1v) is 7.40. The van der Waals surface area contributed by atoms with E-state index < -0.39 is 22.0 Å². The van der Waals surface area contributed by atoms with Crippen molar-refractivity contribution in [2.45, 2.75) is 10.3 Å². The third-order valence-corrected chi connectivity index (χ3v) is 5.81. The molecule has 1 aliphatic rings. The third-order valence-electron chi connectivity index (χ3n) is 2.57. The topological polar surface area (TPSA) is 92.5 Å². The minimum absolute atomic E-state index is 0.0928. The summed E-state index contributed by atoms with van der Waals surface area (Å²) in [5, 5.41) is 4.60. The van der Waals surface area contributed by atoms with Gasteiger partial charge in [-0.25, -0.2) is 8.42 Å². The normalized spacial score (nSPS) is 22.5. The molecule has 0 aromatic carbocycles. The van der Waals surface area contributed by atoms with Crippen LogP contribution in [-0.2, 0) is 14.8 Å². The summed E-state index contributed by atoms with van der Waals surface area (Å²) in [6, 6.07) is 2.63. The number of carbonyl (C=O) groups is 1. The van der Waals surface area contributed by atoms with Crippen LogP contribution in [0.1, 0.15) is 0 Å². The fourth-order valence-corrected chi connectivity index (χ4v) is 4.27. The van der Waals surface area contributed by atoms with Crippen LogP contribution in [0.5, 0.6) is 0 Å². The lowest BCUT2D eigenvalue weighted by atomic mass is 10.2. The average Bonchev–Trinajstić information content (AvgIpc) is 2.83. The third kappa shape index (κ3) is 2.49. The van der Waals surface area contributed by atoms with Gasteiger partial charge < -0.3 is 11.1 Å². The van der Waals surface area contributed by atoms with Crippen LogP contribution in [0.4, 0.5) is 0 Å². The van der Waals surface area contributed by atoms with E-state index in [1.54, 1.807) is 17.5 Å². The number of nitrogens with zero attached hydrogens (tertiary/aromatic N) is 1. The zero-order valence-corrected chi connectivity index (χ0v) is 10.6. The molecule has 1 aromatic rings. The molecule has 1 aromatic heterocycles. The van der Waals surface area contributed by atoms with Gasteiger partial charge in [0, 0.05) is 19.6 Å². The molecule has 1 amide bonds. The van der Waals surface area contributed by atoms with E-state index >= 15 is 0 Å². The molecule has 1 aliphatic heterocycles. The van der Waals surface area contributed by atoms with Gasteiger partial charge in [-0.15, -0.1) is 11.3 Å². The van der Waals surface area contributed by atoms with Crippen LogP contribution in [0.25, 0.3) is 0 Å². The first-order chi connectivity index (χ1) is 8.01. The Hall–Kier alpha value is -0.960. The standard InChI is InChI=1S/C9H13N3O3S2/c10-9(13)7-6-12(4-3-11-7)17(14,15)8-2-1-5-16-8/h1-2,5,7,11H,3-4,6H2,(H2,10,13). The number of carbonyl (C=O) groups excluding carboxylic acids is 1. The van der Waals surface area contributed by atoms with E-state index in [4.69, 9.17) is 5.73 Å². The summed E-state index contributed by atoms with van der Waals surface area (Å²) in [6.45, 7) is 0.873. The maximum atomic E-state index is 12.2. The van der Waals surface area contributed by atoms with Crippen molar-refractivity contribution >= 4 is 27.3 Å². The number of primary amides is 1. The highest BCUT2D eigenvalue weighted by molar-refractivity contribution is 7.91. The van der Waals surface area contributed by atoms with Crippen LogP contribution in [0.15, 0.2) is 21.7 Å². The van der Waals surface area contributed by atoms with Crippen LogP contribution in [0.2, 0.25) is 0 Å². The predicted octanol–water partition coefficient (Wildman–Crippen LogP) is -0.804. The Morgan fingerprint density at radius 3 is 2.94 bits per heavy atom. The SMILES string of the molecule is NC(=O)C1CN(S(=O)(=O)c2cccs2)CCN1. The van der Waals surface area contributed by atoms with E-state index in [-0.39, 0.29) is 6.54 Å². The lowest BCUT2D eigenvalue weighted by molar-refractivity contribution is -0.120. The van der Waals surface area contributed by atoms with E-state index in [1.807, 2.05) is 0 Å². The van der Waals surface area contributed by atoms with Crippen LogP contribution in [-0.4, -0.2) is 44.3 Å². The first-order valence-electron chi connectivity index (χ1n) is 5.08. The van der Waals surface area contributed by atoms with Crippen LogP contribution < -0.4 is 11.1 Å². The number of hydrogen-bond acceptors (Lipinski definition) is 5. The molecule has 1 atom stereocenters. The second-order valence-electron chi connectivity index (χ2n) is 3.70. The number of nitrogens with two attached hydrogens (primary N) is 1. The summed E-state index contributed by atoms with van der Waals surface area (Å²) < 4.78 is 25.9. The number of hydrogen-bond donors (Lipinski definition) is 2. The Bertz CT molecular complexity index is 498. The monoisotopic (exact) mass is 275 g/mol. The molecule has 1 fully saturated rings. The highest BCUT2D eigenvalue weighted by Gasteiger charge is 2.32. The molecule has 6 nitrogen and oxygen atoms in total. The fraction of sp³-hybridized carbons (Fsp3) is 0.444. The number of sulfonamides is 1. The molecule has 1 saturated heterocycles. The molecule has 0 aliphatic carbocycles. The van der Waals surface area contributed by atoms with E-state index in [0.29, 0.717) is 17.3 Å². The molecule has 0 bridgehead atoms. The first kappa shape index (κ1) is 12.5. The van der Waals surface area contributed by atoms with Crippen molar-refractivity contribution in [3.05, 3.63) is 17.5 Å². The summed E-state index contributed by atoms with van der Waals surface area (Å²) in [6.07, 6.45) is 0. The van der Waals surface area contributed by atoms with E-state index in [2.05, 4.69) is 5.32 Å². The average molecular weight is 275 g/mol. The summed E-state index contributed by atoms with van der Waals surface area (Å²) in [7, 11) is -3.48. The maximum absolute atomic E-state index is 12.2. The van der Waals surface area contributed by atoms with Gasteiger partial charge in [0.25, 0.3) is 10.0 Å². The number of piperazine rings is 1. The van der Waals surface area contributed by atoms with Crippen molar-refractivity contribution in [1.82, 2.24) is 9.62 Å². The fourth-order valence-electron chi connectivity index (χ4n) is 1.67. The number of amides is 1. The van der Waals surface area contributed by atoms with E-state index in [1.165, 1.54) is 15.6 Å². The van der Waals surface area contributed by atoms with Crippen LogP contribution in [0, 0.1) is 0 Å². The van der Waals surface area contributed by atoms with Gasteiger partial charge >= 0.3 is 0 Å². The highest BCUT2D eigenvalue weighted by Crippen LogP contribution is 2.21. The van der Waals surface area contributed by atoms with Gasteiger partial charge in [0.1, 0.15) is 10.3 Å². The molecule has 3 N–H and O–H groups in total. The van der Waals surface area contributed by atoms with Gasteiger partial charge in [0.15, 0.2) is 0 Å². The molecule has 0 saturated carbocycles. The molecule has 2 rings (SSSR count). The number of thiophene rings is 1. The molecule has 1 unspecified atom stereocenters. The second kappa shape index (κ2) is 4.73. The largest absolute Gasteiger partial charge is 0.368 e. The van der Waals surface area contributed by atoms with Gasteiger partial charge in [0.05, 0.1) is 0 Å².